The first-order valence-electron chi connectivity index (χ1n) is 10.6. The summed E-state index contributed by atoms with van der Waals surface area (Å²) in [7, 11) is 2.77. The van der Waals surface area contributed by atoms with Crippen LogP contribution in [0.25, 0.3) is 0 Å². The van der Waals surface area contributed by atoms with E-state index in [2.05, 4.69) is 0 Å². The predicted molar refractivity (Wildman–Crippen MR) is 108 cm³/mol. The van der Waals surface area contributed by atoms with E-state index in [1.807, 2.05) is 30.3 Å². The molecule has 9 heteroatoms. The van der Waals surface area contributed by atoms with E-state index in [-0.39, 0.29) is 19.6 Å². The summed E-state index contributed by atoms with van der Waals surface area (Å²) >= 11 is 0. The lowest BCUT2D eigenvalue weighted by Crippen LogP contribution is -2.66. The van der Waals surface area contributed by atoms with E-state index >= 15 is 0 Å². The normalized spacial score (nSPS) is 38.3. The van der Waals surface area contributed by atoms with Crippen LogP contribution in [-0.2, 0) is 42.8 Å². The SMILES string of the molecule is COC(=O)[C@H]1C[C@@H](C=O)[C@@]2(COC(C)=O)[C@H]1[C@@H](OC)O[C@@H]1CO[C@@H](c3ccccc3)O[C@H]12. The maximum absolute atomic E-state index is 12.7. The molecule has 2 aliphatic heterocycles. The molecule has 174 valence electrons. The first-order chi connectivity index (χ1) is 15.5. The zero-order valence-corrected chi connectivity index (χ0v) is 18.3. The molecular weight excluding hydrogens is 420 g/mol. The maximum Gasteiger partial charge on any atom is 0.309 e. The molecule has 0 N–H and O–H groups in total. The molecule has 1 aromatic carbocycles. The van der Waals surface area contributed by atoms with Crippen molar-refractivity contribution in [1.82, 2.24) is 0 Å². The Labute approximate surface area is 186 Å². The van der Waals surface area contributed by atoms with Crippen molar-refractivity contribution in [2.75, 3.05) is 27.4 Å². The molecule has 3 fully saturated rings. The summed E-state index contributed by atoms with van der Waals surface area (Å²) in [5.41, 5.74) is -0.240. The van der Waals surface area contributed by atoms with Crippen molar-refractivity contribution >= 4 is 18.2 Å². The highest BCUT2D eigenvalue weighted by molar-refractivity contribution is 5.75. The summed E-state index contributed by atoms with van der Waals surface area (Å²) in [4.78, 5) is 36.8. The summed E-state index contributed by atoms with van der Waals surface area (Å²) in [6, 6.07) is 9.40. The second-order valence-electron chi connectivity index (χ2n) is 8.44. The number of carbonyl (C=O) groups excluding carboxylic acids is 3. The lowest BCUT2D eigenvalue weighted by Gasteiger charge is -2.55. The smallest absolute Gasteiger partial charge is 0.309 e. The zero-order valence-electron chi connectivity index (χ0n) is 18.3. The van der Waals surface area contributed by atoms with Gasteiger partial charge in [0.05, 0.1) is 31.2 Å². The maximum atomic E-state index is 12.7. The average molecular weight is 448 g/mol. The Morgan fingerprint density at radius 3 is 2.56 bits per heavy atom. The molecule has 2 saturated heterocycles. The van der Waals surface area contributed by atoms with Gasteiger partial charge < -0.3 is 33.2 Å². The monoisotopic (exact) mass is 448 g/mol. The summed E-state index contributed by atoms with van der Waals surface area (Å²) < 4.78 is 34.6. The first kappa shape index (κ1) is 22.8. The Morgan fingerprint density at radius 2 is 1.94 bits per heavy atom. The van der Waals surface area contributed by atoms with Gasteiger partial charge in [-0.3, -0.25) is 9.59 Å². The van der Waals surface area contributed by atoms with Crippen LogP contribution in [0.2, 0.25) is 0 Å². The van der Waals surface area contributed by atoms with E-state index in [0.717, 1.165) is 11.8 Å². The number of esters is 2. The minimum Gasteiger partial charge on any atom is -0.469 e. The second kappa shape index (κ2) is 9.27. The van der Waals surface area contributed by atoms with Gasteiger partial charge in [0, 0.05) is 31.4 Å². The Kier molecular flexibility index (Phi) is 6.62. The molecule has 0 aromatic heterocycles. The van der Waals surface area contributed by atoms with E-state index in [1.54, 1.807) is 0 Å². The number of fused-ring (bicyclic) bond motifs is 3. The number of methoxy groups -OCH3 is 2. The standard InChI is InChI=1S/C23H28O9/c1-13(25)30-12-23-15(10-24)9-16(20(26)27-2)18(23)22(28-3)31-17-11-29-21(32-19(17)23)14-7-5-4-6-8-14/h4-8,10,15-19,21-22H,9,11-12H2,1-3H3/t15-,16-,17+,18+,19+,21+,22-,23-/m0/s1. The molecule has 0 amide bonds. The molecule has 1 aliphatic carbocycles. The van der Waals surface area contributed by atoms with Gasteiger partial charge in [0.1, 0.15) is 19.0 Å². The van der Waals surface area contributed by atoms with Crippen LogP contribution in [0.3, 0.4) is 0 Å². The minimum absolute atomic E-state index is 0.115. The number of carbonyl (C=O) groups is 3. The van der Waals surface area contributed by atoms with Crippen LogP contribution in [0.5, 0.6) is 0 Å². The largest absolute Gasteiger partial charge is 0.469 e. The van der Waals surface area contributed by atoms with Gasteiger partial charge in [-0.2, -0.15) is 0 Å². The third kappa shape index (κ3) is 3.73. The van der Waals surface area contributed by atoms with E-state index in [1.165, 1.54) is 21.1 Å². The summed E-state index contributed by atoms with van der Waals surface area (Å²) in [6.45, 7) is 1.37. The fraction of sp³-hybridized carbons (Fsp3) is 0.609. The summed E-state index contributed by atoms with van der Waals surface area (Å²) in [5.74, 6) is -2.90. The number of benzene rings is 1. The number of aldehydes is 1. The number of hydrogen-bond acceptors (Lipinski definition) is 9. The van der Waals surface area contributed by atoms with E-state index in [4.69, 9.17) is 28.4 Å². The average Bonchev–Trinajstić information content (AvgIpc) is 3.17. The second-order valence-corrected chi connectivity index (χ2v) is 8.44. The third-order valence-corrected chi connectivity index (χ3v) is 6.90. The summed E-state index contributed by atoms with van der Waals surface area (Å²) in [5, 5.41) is 0. The third-order valence-electron chi connectivity index (χ3n) is 6.90. The van der Waals surface area contributed by atoms with Crippen molar-refractivity contribution in [3.63, 3.8) is 0 Å². The fourth-order valence-electron chi connectivity index (χ4n) is 5.55. The highest BCUT2D eigenvalue weighted by Gasteiger charge is 2.70. The van der Waals surface area contributed by atoms with Crippen LogP contribution < -0.4 is 0 Å². The molecule has 0 spiro atoms. The highest BCUT2D eigenvalue weighted by atomic mass is 16.7. The first-order valence-corrected chi connectivity index (χ1v) is 10.6. The molecule has 4 rings (SSSR count). The van der Waals surface area contributed by atoms with E-state index in [9.17, 15) is 14.4 Å². The van der Waals surface area contributed by atoms with Gasteiger partial charge in [-0.15, -0.1) is 0 Å². The molecule has 0 bridgehead atoms. The van der Waals surface area contributed by atoms with Crippen molar-refractivity contribution in [2.45, 2.75) is 38.1 Å². The Hall–Kier alpha value is -2.33. The van der Waals surface area contributed by atoms with E-state index < -0.39 is 59.9 Å². The van der Waals surface area contributed by atoms with Gasteiger partial charge in [-0.25, -0.2) is 0 Å². The minimum atomic E-state index is -1.05. The Bertz CT molecular complexity index is 843. The number of ether oxygens (including phenoxy) is 6. The molecule has 0 unspecified atom stereocenters. The van der Waals surface area contributed by atoms with Crippen LogP contribution in [0, 0.1) is 23.2 Å². The molecule has 32 heavy (non-hydrogen) atoms. The van der Waals surface area contributed by atoms with Crippen LogP contribution >= 0.6 is 0 Å². The zero-order chi connectivity index (χ0) is 22.9. The quantitative estimate of drug-likeness (QED) is 0.474. The van der Waals surface area contributed by atoms with Crippen molar-refractivity contribution in [3.8, 4) is 0 Å². The number of rotatable bonds is 6. The molecule has 0 radical (unpaired) electrons. The highest BCUT2D eigenvalue weighted by Crippen LogP contribution is 2.60. The Balaban J connectivity index is 1.79. The lowest BCUT2D eigenvalue weighted by molar-refractivity contribution is -0.369. The van der Waals surface area contributed by atoms with E-state index in [0.29, 0.717) is 0 Å². The molecule has 1 aromatic rings. The molecule has 9 nitrogen and oxygen atoms in total. The molecule has 1 saturated carbocycles. The van der Waals surface area contributed by atoms with Crippen LogP contribution in [0.1, 0.15) is 25.2 Å². The lowest BCUT2D eigenvalue weighted by atomic mass is 9.64. The molecule has 3 aliphatic rings. The molecule has 8 atom stereocenters. The van der Waals surface area contributed by atoms with Gasteiger partial charge in [0.25, 0.3) is 0 Å². The number of hydrogen-bond donors (Lipinski definition) is 0. The van der Waals surface area contributed by atoms with Crippen molar-refractivity contribution in [1.29, 1.82) is 0 Å². The molecule has 2 heterocycles. The van der Waals surface area contributed by atoms with Gasteiger partial charge in [0.15, 0.2) is 12.6 Å². The van der Waals surface area contributed by atoms with Gasteiger partial charge >= 0.3 is 11.9 Å². The van der Waals surface area contributed by atoms with Crippen molar-refractivity contribution in [3.05, 3.63) is 35.9 Å². The van der Waals surface area contributed by atoms with Crippen LogP contribution in [-0.4, -0.2) is 64.2 Å². The van der Waals surface area contributed by atoms with Gasteiger partial charge in [0.2, 0.25) is 0 Å². The topological polar surface area (TPSA) is 107 Å². The Morgan fingerprint density at radius 1 is 1.19 bits per heavy atom. The van der Waals surface area contributed by atoms with Crippen LogP contribution in [0.4, 0.5) is 0 Å². The van der Waals surface area contributed by atoms with Crippen LogP contribution in [0.15, 0.2) is 30.3 Å². The fourth-order valence-corrected chi connectivity index (χ4v) is 5.55. The molecular formula is C23H28O9. The van der Waals surface area contributed by atoms with Gasteiger partial charge in [-0.05, 0) is 6.42 Å². The van der Waals surface area contributed by atoms with Crippen molar-refractivity contribution < 1.29 is 42.8 Å². The summed E-state index contributed by atoms with van der Waals surface area (Å²) in [6.07, 6.45) is -1.76. The van der Waals surface area contributed by atoms with Gasteiger partial charge in [-0.1, -0.05) is 30.3 Å². The van der Waals surface area contributed by atoms with Crippen molar-refractivity contribution in [2.24, 2.45) is 23.2 Å². The predicted octanol–water partition coefficient (Wildman–Crippen LogP) is 1.65.